The van der Waals surface area contributed by atoms with E-state index in [4.69, 9.17) is 5.11 Å². The number of carboxylic acid groups (broad SMARTS) is 1. The van der Waals surface area contributed by atoms with Crippen molar-refractivity contribution in [2.75, 3.05) is 0 Å². The summed E-state index contributed by atoms with van der Waals surface area (Å²) in [7, 11) is 0. The van der Waals surface area contributed by atoms with Crippen LogP contribution in [0.3, 0.4) is 0 Å². The molecule has 3 aromatic rings. The summed E-state index contributed by atoms with van der Waals surface area (Å²) < 4.78 is 1.35. The first kappa shape index (κ1) is 11.4. The summed E-state index contributed by atoms with van der Waals surface area (Å²) in [5, 5.41) is 13.4. The summed E-state index contributed by atoms with van der Waals surface area (Å²) in [5.74, 6) is -1.04. The molecule has 0 aliphatic heterocycles. The van der Waals surface area contributed by atoms with Gasteiger partial charge in [0.1, 0.15) is 0 Å². The number of imidazole rings is 1. The van der Waals surface area contributed by atoms with E-state index in [9.17, 15) is 4.79 Å². The summed E-state index contributed by atoms with van der Waals surface area (Å²) in [4.78, 5) is 15.1. The van der Waals surface area contributed by atoms with E-state index in [1.54, 1.807) is 6.07 Å². The number of carboxylic acids is 1. The molecule has 0 saturated carbocycles. The standard InChI is InChI=1S/C14H11N3O2/c1-9-3-2-4-10(7-9)11-5-6-13-15-8-12(14(18)19)17(13)16-11/h2-8H,1H3,(H,18,19). The number of aryl methyl sites for hydroxylation is 1. The maximum Gasteiger partial charge on any atom is 0.356 e. The summed E-state index contributed by atoms with van der Waals surface area (Å²) in [6.07, 6.45) is 1.31. The second-order valence-electron chi connectivity index (χ2n) is 4.31. The van der Waals surface area contributed by atoms with E-state index < -0.39 is 5.97 Å². The van der Waals surface area contributed by atoms with Crippen LogP contribution < -0.4 is 0 Å². The minimum atomic E-state index is -1.04. The fourth-order valence-corrected chi connectivity index (χ4v) is 1.98. The highest BCUT2D eigenvalue weighted by molar-refractivity contribution is 5.86. The average Bonchev–Trinajstić information content (AvgIpc) is 2.81. The van der Waals surface area contributed by atoms with E-state index in [2.05, 4.69) is 10.1 Å². The first-order valence-electron chi connectivity index (χ1n) is 5.80. The Morgan fingerprint density at radius 2 is 2.11 bits per heavy atom. The SMILES string of the molecule is Cc1cccc(-c2ccc3ncc(C(=O)O)n3n2)c1. The Morgan fingerprint density at radius 3 is 2.84 bits per heavy atom. The molecule has 2 aromatic heterocycles. The van der Waals surface area contributed by atoms with Gasteiger partial charge in [-0.05, 0) is 25.1 Å². The van der Waals surface area contributed by atoms with Gasteiger partial charge < -0.3 is 5.11 Å². The number of aromatic carboxylic acids is 1. The quantitative estimate of drug-likeness (QED) is 0.761. The lowest BCUT2D eigenvalue weighted by molar-refractivity contribution is 0.0688. The van der Waals surface area contributed by atoms with Gasteiger partial charge in [-0.3, -0.25) is 0 Å². The number of hydrogen-bond acceptors (Lipinski definition) is 3. The van der Waals surface area contributed by atoms with Gasteiger partial charge in [-0.1, -0.05) is 23.8 Å². The van der Waals surface area contributed by atoms with E-state index in [-0.39, 0.29) is 5.69 Å². The Morgan fingerprint density at radius 1 is 1.26 bits per heavy atom. The van der Waals surface area contributed by atoms with Crippen LogP contribution in [0.15, 0.2) is 42.6 Å². The maximum absolute atomic E-state index is 11.1. The molecule has 2 heterocycles. The van der Waals surface area contributed by atoms with E-state index >= 15 is 0 Å². The zero-order chi connectivity index (χ0) is 13.4. The molecule has 1 N–H and O–H groups in total. The molecule has 3 rings (SSSR count). The summed E-state index contributed by atoms with van der Waals surface area (Å²) in [5.41, 5.74) is 3.38. The van der Waals surface area contributed by atoms with Crippen molar-refractivity contribution in [1.82, 2.24) is 14.6 Å². The van der Waals surface area contributed by atoms with Crippen LogP contribution in [0.2, 0.25) is 0 Å². The van der Waals surface area contributed by atoms with Crippen molar-refractivity contribution in [2.45, 2.75) is 6.92 Å². The van der Waals surface area contributed by atoms with Gasteiger partial charge in [0.25, 0.3) is 0 Å². The fraction of sp³-hybridized carbons (Fsp3) is 0.0714. The van der Waals surface area contributed by atoms with Crippen LogP contribution in [0.25, 0.3) is 16.9 Å². The predicted molar refractivity (Wildman–Crippen MR) is 70.1 cm³/mol. The molecule has 5 nitrogen and oxygen atoms in total. The Hall–Kier alpha value is -2.69. The van der Waals surface area contributed by atoms with E-state index in [1.807, 2.05) is 37.3 Å². The topological polar surface area (TPSA) is 67.5 Å². The number of fused-ring (bicyclic) bond motifs is 1. The van der Waals surface area contributed by atoms with Gasteiger partial charge in [-0.2, -0.15) is 5.10 Å². The van der Waals surface area contributed by atoms with Gasteiger partial charge in [0.15, 0.2) is 11.3 Å². The van der Waals surface area contributed by atoms with Gasteiger partial charge in [-0.15, -0.1) is 0 Å². The third-order valence-corrected chi connectivity index (χ3v) is 2.90. The zero-order valence-corrected chi connectivity index (χ0v) is 10.2. The largest absolute Gasteiger partial charge is 0.476 e. The lowest BCUT2D eigenvalue weighted by Gasteiger charge is -2.03. The van der Waals surface area contributed by atoms with E-state index in [1.165, 1.54) is 10.7 Å². The second kappa shape index (κ2) is 4.20. The van der Waals surface area contributed by atoms with Crippen molar-refractivity contribution >= 4 is 11.6 Å². The number of benzene rings is 1. The molecule has 0 spiro atoms. The molecule has 19 heavy (non-hydrogen) atoms. The zero-order valence-electron chi connectivity index (χ0n) is 10.2. The Balaban J connectivity index is 2.20. The number of carbonyl (C=O) groups is 1. The molecule has 0 radical (unpaired) electrons. The minimum Gasteiger partial charge on any atom is -0.476 e. The molecule has 0 amide bonds. The average molecular weight is 253 g/mol. The molecule has 0 atom stereocenters. The molecular weight excluding hydrogens is 242 g/mol. The molecule has 94 valence electrons. The van der Waals surface area contributed by atoms with Crippen LogP contribution in [0, 0.1) is 6.92 Å². The summed E-state index contributed by atoms with van der Waals surface area (Å²) in [6, 6.07) is 11.5. The lowest BCUT2D eigenvalue weighted by atomic mass is 10.1. The Bertz CT molecular complexity index is 777. The normalized spacial score (nSPS) is 10.8. The number of aromatic nitrogens is 3. The van der Waals surface area contributed by atoms with Gasteiger partial charge in [-0.25, -0.2) is 14.3 Å². The second-order valence-corrected chi connectivity index (χ2v) is 4.31. The number of nitrogens with zero attached hydrogens (tertiary/aromatic N) is 3. The van der Waals surface area contributed by atoms with Crippen molar-refractivity contribution in [3.8, 4) is 11.3 Å². The first-order chi connectivity index (χ1) is 9.15. The Labute approximate surface area is 109 Å². The van der Waals surface area contributed by atoms with Gasteiger partial charge in [0, 0.05) is 5.56 Å². The molecule has 0 aliphatic carbocycles. The summed E-state index contributed by atoms with van der Waals surface area (Å²) in [6.45, 7) is 2.00. The molecule has 5 heteroatoms. The highest BCUT2D eigenvalue weighted by Crippen LogP contribution is 2.18. The van der Waals surface area contributed by atoms with Crippen molar-refractivity contribution in [2.24, 2.45) is 0 Å². The monoisotopic (exact) mass is 253 g/mol. The molecule has 0 fully saturated rings. The molecule has 0 unspecified atom stereocenters. The molecule has 1 aromatic carbocycles. The fourth-order valence-electron chi connectivity index (χ4n) is 1.98. The Kier molecular flexibility index (Phi) is 2.52. The van der Waals surface area contributed by atoms with Gasteiger partial charge in [0.2, 0.25) is 0 Å². The van der Waals surface area contributed by atoms with Crippen LogP contribution in [0.4, 0.5) is 0 Å². The van der Waals surface area contributed by atoms with Gasteiger partial charge in [0.05, 0.1) is 11.9 Å². The van der Waals surface area contributed by atoms with Crippen LogP contribution in [0.5, 0.6) is 0 Å². The number of rotatable bonds is 2. The lowest BCUT2D eigenvalue weighted by Crippen LogP contribution is -2.05. The van der Waals surface area contributed by atoms with E-state index in [0.29, 0.717) is 5.65 Å². The number of hydrogen-bond donors (Lipinski definition) is 1. The smallest absolute Gasteiger partial charge is 0.356 e. The van der Waals surface area contributed by atoms with Crippen molar-refractivity contribution in [3.05, 3.63) is 53.9 Å². The minimum absolute atomic E-state index is 0.0597. The van der Waals surface area contributed by atoms with Crippen LogP contribution in [-0.2, 0) is 0 Å². The first-order valence-corrected chi connectivity index (χ1v) is 5.80. The highest BCUT2D eigenvalue weighted by Gasteiger charge is 2.12. The predicted octanol–water partition coefficient (Wildman–Crippen LogP) is 2.40. The van der Waals surface area contributed by atoms with Crippen LogP contribution in [0.1, 0.15) is 16.1 Å². The third-order valence-electron chi connectivity index (χ3n) is 2.90. The van der Waals surface area contributed by atoms with E-state index in [0.717, 1.165) is 16.8 Å². The molecule has 0 saturated heterocycles. The van der Waals surface area contributed by atoms with Crippen LogP contribution in [-0.4, -0.2) is 25.7 Å². The van der Waals surface area contributed by atoms with Crippen molar-refractivity contribution < 1.29 is 9.90 Å². The molecular formula is C14H11N3O2. The van der Waals surface area contributed by atoms with Crippen LogP contribution >= 0.6 is 0 Å². The molecule has 0 bridgehead atoms. The van der Waals surface area contributed by atoms with Crippen molar-refractivity contribution in [3.63, 3.8) is 0 Å². The third kappa shape index (κ3) is 1.95. The van der Waals surface area contributed by atoms with Gasteiger partial charge >= 0.3 is 5.97 Å². The highest BCUT2D eigenvalue weighted by atomic mass is 16.4. The summed E-state index contributed by atoms with van der Waals surface area (Å²) >= 11 is 0. The molecule has 0 aliphatic rings. The van der Waals surface area contributed by atoms with Crippen molar-refractivity contribution in [1.29, 1.82) is 0 Å². The maximum atomic E-state index is 11.1.